The summed E-state index contributed by atoms with van der Waals surface area (Å²) in [6.07, 6.45) is 4.31. The lowest BCUT2D eigenvalue weighted by atomic mass is 9.92. The molecule has 0 aromatic carbocycles. The summed E-state index contributed by atoms with van der Waals surface area (Å²) in [5.41, 5.74) is 5.23. The highest BCUT2D eigenvalue weighted by Gasteiger charge is 2.26. The van der Waals surface area contributed by atoms with Gasteiger partial charge in [-0.15, -0.1) is 0 Å². The second-order valence-corrected chi connectivity index (χ2v) is 3.99. The van der Waals surface area contributed by atoms with Crippen LogP contribution in [0, 0.1) is 0 Å². The van der Waals surface area contributed by atoms with Gasteiger partial charge in [-0.05, 0) is 19.3 Å². The average Bonchev–Trinajstić information content (AvgIpc) is 2.16. The molecule has 0 aromatic rings. The molecule has 0 radical (unpaired) electrons. The normalized spacial score (nSPS) is 29.9. The van der Waals surface area contributed by atoms with E-state index >= 15 is 0 Å². The first-order valence-corrected chi connectivity index (χ1v) is 5.38. The van der Waals surface area contributed by atoms with Crippen molar-refractivity contribution in [3.63, 3.8) is 0 Å². The van der Waals surface area contributed by atoms with Gasteiger partial charge in [-0.25, -0.2) is 0 Å². The first kappa shape index (κ1) is 11.5. The molecule has 0 saturated heterocycles. The molecule has 1 aliphatic carbocycles. The smallest absolute Gasteiger partial charge is 0.234 e. The van der Waals surface area contributed by atoms with Crippen molar-refractivity contribution >= 4 is 5.91 Å². The van der Waals surface area contributed by atoms with Crippen molar-refractivity contribution < 1.29 is 9.90 Å². The van der Waals surface area contributed by atoms with Gasteiger partial charge in [-0.2, -0.15) is 0 Å². The van der Waals surface area contributed by atoms with Crippen molar-refractivity contribution in [2.75, 3.05) is 0 Å². The minimum Gasteiger partial charge on any atom is -0.392 e. The Balaban J connectivity index is 2.43. The number of nitrogens with one attached hydrogen (secondary N) is 1. The monoisotopic (exact) mass is 200 g/mol. The van der Waals surface area contributed by atoms with Crippen LogP contribution in [0.25, 0.3) is 0 Å². The van der Waals surface area contributed by atoms with Crippen LogP contribution < -0.4 is 11.1 Å². The van der Waals surface area contributed by atoms with Gasteiger partial charge < -0.3 is 16.2 Å². The van der Waals surface area contributed by atoms with Crippen molar-refractivity contribution in [3.8, 4) is 0 Å². The summed E-state index contributed by atoms with van der Waals surface area (Å²) >= 11 is 0. The Hall–Kier alpha value is -0.610. The van der Waals surface area contributed by atoms with Crippen LogP contribution in [0.4, 0.5) is 0 Å². The highest BCUT2D eigenvalue weighted by Crippen LogP contribution is 2.18. The van der Waals surface area contributed by atoms with Crippen LogP contribution in [0.3, 0.4) is 0 Å². The van der Waals surface area contributed by atoms with Crippen molar-refractivity contribution in [2.45, 2.75) is 57.2 Å². The third-order valence-electron chi connectivity index (χ3n) is 2.90. The van der Waals surface area contributed by atoms with Gasteiger partial charge in [0.15, 0.2) is 0 Å². The minimum absolute atomic E-state index is 0.0428. The summed E-state index contributed by atoms with van der Waals surface area (Å²) in [7, 11) is 0. The van der Waals surface area contributed by atoms with Gasteiger partial charge in [0, 0.05) is 6.04 Å². The van der Waals surface area contributed by atoms with E-state index in [9.17, 15) is 9.90 Å². The van der Waals surface area contributed by atoms with Gasteiger partial charge in [0.05, 0.1) is 12.1 Å². The molecule has 0 heterocycles. The number of aliphatic hydroxyl groups is 1. The fourth-order valence-corrected chi connectivity index (χ4v) is 1.97. The van der Waals surface area contributed by atoms with Crippen LogP contribution in [0.5, 0.6) is 0 Å². The first-order valence-electron chi connectivity index (χ1n) is 5.38. The van der Waals surface area contributed by atoms with Crippen molar-refractivity contribution in [3.05, 3.63) is 0 Å². The predicted molar refractivity (Wildman–Crippen MR) is 54.7 cm³/mol. The van der Waals surface area contributed by atoms with Crippen LogP contribution in [0.2, 0.25) is 0 Å². The quantitative estimate of drug-likeness (QED) is 0.604. The maximum Gasteiger partial charge on any atom is 0.234 e. The molecule has 0 bridgehead atoms. The number of carbonyl (C=O) groups is 1. The lowest BCUT2D eigenvalue weighted by molar-refractivity contribution is -0.120. The number of nitrogens with two attached hydrogens (primary N) is 1. The second kappa shape index (κ2) is 5.32. The number of rotatable bonds is 4. The van der Waals surface area contributed by atoms with E-state index < -0.39 is 0 Å². The Kier molecular flexibility index (Phi) is 4.35. The first-order chi connectivity index (χ1) is 6.65. The van der Waals surface area contributed by atoms with Gasteiger partial charge in [-0.1, -0.05) is 19.8 Å². The summed E-state index contributed by atoms with van der Waals surface area (Å²) in [6, 6.07) is -0.256. The maximum atomic E-state index is 11.0. The zero-order chi connectivity index (χ0) is 10.6. The molecule has 4 nitrogen and oxygen atoms in total. The Labute approximate surface area is 84.9 Å². The van der Waals surface area contributed by atoms with E-state index in [1.807, 2.05) is 6.92 Å². The predicted octanol–water partition coefficient (Wildman–Crippen LogP) is 0.143. The largest absolute Gasteiger partial charge is 0.392 e. The van der Waals surface area contributed by atoms with Crippen LogP contribution in [-0.4, -0.2) is 29.2 Å². The topological polar surface area (TPSA) is 75.3 Å². The maximum absolute atomic E-state index is 11.0. The molecule has 4 heteroatoms. The lowest BCUT2D eigenvalue weighted by Gasteiger charge is -2.30. The van der Waals surface area contributed by atoms with Crippen LogP contribution >= 0.6 is 0 Å². The summed E-state index contributed by atoms with van der Waals surface area (Å²) in [5.74, 6) is -0.328. The molecule has 82 valence electrons. The highest BCUT2D eigenvalue weighted by molar-refractivity contribution is 5.79. The SMILES string of the molecule is CCC(NC1CCCCC1O)C(N)=O. The molecule has 1 aliphatic rings. The molecule has 4 N–H and O–H groups in total. The Morgan fingerprint density at radius 3 is 2.71 bits per heavy atom. The molecular weight excluding hydrogens is 180 g/mol. The Morgan fingerprint density at radius 1 is 1.57 bits per heavy atom. The Morgan fingerprint density at radius 2 is 2.21 bits per heavy atom. The minimum atomic E-state index is -0.328. The summed E-state index contributed by atoms with van der Waals surface area (Å²) in [6.45, 7) is 1.91. The number of primary amides is 1. The van der Waals surface area contributed by atoms with E-state index in [1.165, 1.54) is 0 Å². The molecule has 3 unspecified atom stereocenters. The van der Waals surface area contributed by atoms with E-state index in [2.05, 4.69) is 5.32 Å². The van der Waals surface area contributed by atoms with Gasteiger partial charge in [-0.3, -0.25) is 4.79 Å². The molecule has 0 aromatic heterocycles. The number of hydrogen-bond acceptors (Lipinski definition) is 3. The number of aliphatic hydroxyl groups excluding tert-OH is 1. The zero-order valence-electron chi connectivity index (χ0n) is 8.70. The van der Waals surface area contributed by atoms with Gasteiger partial charge >= 0.3 is 0 Å². The molecule has 3 atom stereocenters. The molecular formula is C10H20N2O2. The summed E-state index contributed by atoms with van der Waals surface area (Å²) in [5, 5.41) is 12.8. The standard InChI is InChI=1S/C10H20N2O2/c1-2-7(10(11)14)12-8-5-3-4-6-9(8)13/h7-9,12-13H,2-6H2,1H3,(H2,11,14). The van der Waals surface area contributed by atoms with Crippen molar-refractivity contribution in [1.82, 2.24) is 5.32 Å². The lowest BCUT2D eigenvalue weighted by Crippen LogP contribution is -2.51. The molecule has 1 fully saturated rings. The average molecular weight is 200 g/mol. The van der Waals surface area contributed by atoms with Crippen LogP contribution in [-0.2, 0) is 4.79 Å². The second-order valence-electron chi connectivity index (χ2n) is 3.99. The van der Waals surface area contributed by atoms with Gasteiger partial charge in [0.25, 0.3) is 0 Å². The van der Waals surface area contributed by atoms with E-state index in [1.54, 1.807) is 0 Å². The van der Waals surface area contributed by atoms with Crippen LogP contribution in [0.1, 0.15) is 39.0 Å². The third-order valence-corrected chi connectivity index (χ3v) is 2.90. The molecule has 1 amide bonds. The summed E-state index contributed by atoms with van der Waals surface area (Å²) in [4.78, 5) is 11.0. The van der Waals surface area contributed by atoms with E-state index in [4.69, 9.17) is 5.73 Å². The fraction of sp³-hybridized carbons (Fsp3) is 0.900. The summed E-state index contributed by atoms with van der Waals surface area (Å²) < 4.78 is 0. The molecule has 1 rings (SSSR count). The number of amides is 1. The Bertz CT molecular complexity index is 197. The number of hydrogen-bond donors (Lipinski definition) is 3. The molecule has 1 saturated carbocycles. The molecule has 14 heavy (non-hydrogen) atoms. The van der Waals surface area contributed by atoms with Crippen molar-refractivity contribution in [1.29, 1.82) is 0 Å². The van der Waals surface area contributed by atoms with E-state index in [0.717, 1.165) is 25.7 Å². The van der Waals surface area contributed by atoms with E-state index in [0.29, 0.717) is 6.42 Å². The molecule has 0 aliphatic heterocycles. The fourth-order valence-electron chi connectivity index (χ4n) is 1.97. The molecule has 0 spiro atoms. The number of carbonyl (C=O) groups excluding carboxylic acids is 1. The van der Waals surface area contributed by atoms with Crippen LogP contribution in [0.15, 0.2) is 0 Å². The van der Waals surface area contributed by atoms with Crippen molar-refractivity contribution in [2.24, 2.45) is 5.73 Å². The van der Waals surface area contributed by atoms with Gasteiger partial charge in [0.1, 0.15) is 0 Å². The third kappa shape index (κ3) is 2.96. The highest BCUT2D eigenvalue weighted by atomic mass is 16.3. The zero-order valence-corrected chi connectivity index (χ0v) is 8.70. The van der Waals surface area contributed by atoms with Gasteiger partial charge in [0.2, 0.25) is 5.91 Å². The van der Waals surface area contributed by atoms with E-state index in [-0.39, 0.29) is 24.1 Å².